The number of sulfone groups is 1. The molecule has 2 atom stereocenters. The fourth-order valence-electron chi connectivity index (χ4n) is 2.85. The molecule has 1 heterocycles. The van der Waals surface area contributed by atoms with Crippen molar-refractivity contribution in [2.45, 2.75) is 36.9 Å². The van der Waals surface area contributed by atoms with Crippen molar-refractivity contribution in [3.8, 4) is 0 Å². The molecule has 0 aromatic heterocycles. The van der Waals surface area contributed by atoms with Gasteiger partial charge in [-0.2, -0.15) is 4.31 Å². The largest absolute Gasteiger partial charge is 0.394 e. The third-order valence-electron chi connectivity index (χ3n) is 4.29. The van der Waals surface area contributed by atoms with Gasteiger partial charge in [0.05, 0.1) is 29.1 Å². The SMILES string of the molecule is CC(=O)NCc1ccc(S(=O)(=O)N(C[C@H](O)CO)[C@H]2CCS(=O)(=O)C2)cc1. The molecule has 11 heteroatoms. The quantitative estimate of drug-likeness (QED) is 0.482. The summed E-state index contributed by atoms with van der Waals surface area (Å²) < 4.78 is 50.6. The number of hydrogen-bond donors (Lipinski definition) is 3. The Morgan fingerprint density at radius 3 is 2.44 bits per heavy atom. The topological polar surface area (TPSA) is 141 Å². The van der Waals surface area contributed by atoms with Crippen LogP contribution < -0.4 is 5.32 Å². The molecule has 1 fully saturated rings. The minimum absolute atomic E-state index is 0.0523. The van der Waals surface area contributed by atoms with Crippen LogP contribution in [-0.2, 0) is 31.2 Å². The van der Waals surface area contributed by atoms with Crippen LogP contribution >= 0.6 is 0 Å². The maximum absolute atomic E-state index is 13.0. The van der Waals surface area contributed by atoms with Gasteiger partial charge in [-0.05, 0) is 24.1 Å². The van der Waals surface area contributed by atoms with Crippen molar-refractivity contribution in [3.05, 3.63) is 29.8 Å². The molecular weight excluding hydrogens is 396 g/mol. The normalized spacial score (nSPS) is 20.5. The van der Waals surface area contributed by atoms with E-state index in [-0.39, 0.29) is 35.3 Å². The summed E-state index contributed by atoms with van der Waals surface area (Å²) in [7, 11) is -7.42. The lowest BCUT2D eigenvalue weighted by molar-refractivity contribution is -0.119. The highest BCUT2D eigenvalue weighted by Gasteiger charge is 2.39. The summed E-state index contributed by atoms with van der Waals surface area (Å²) in [5.74, 6) is -0.641. The van der Waals surface area contributed by atoms with E-state index in [1.807, 2.05) is 0 Å². The first-order valence-electron chi connectivity index (χ1n) is 8.40. The second kappa shape index (κ2) is 8.65. The van der Waals surface area contributed by atoms with E-state index in [0.717, 1.165) is 4.31 Å². The van der Waals surface area contributed by atoms with Crippen LogP contribution in [-0.4, -0.2) is 74.1 Å². The third kappa shape index (κ3) is 5.72. The molecule has 2 rings (SSSR count). The van der Waals surface area contributed by atoms with E-state index in [4.69, 9.17) is 5.11 Å². The second-order valence-electron chi connectivity index (χ2n) is 6.52. The highest BCUT2D eigenvalue weighted by Crippen LogP contribution is 2.25. The Labute approximate surface area is 159 Å². The van der Waals surface area contributed by atoms with Gasteiger partial charge in [-0.15, -0.1) is 0 Å². The van der Waals surface area contributed by atoms with Crippen LogP contribution in [0.5, 0.6) is 0 Å². The number of sulfonamides is 1. The molecule has 1 aliphatic heterocycles. The zero-order chi connectivity index (χ0) is 20.2. The van der Waals surface area contributed by atoms with Gasteiger partial charge in [-0.3, -0.25) is 4.79 Å². The van der Waals surface area contributed by atoms with Crippen LogP contribution in [0.25, 0.3) is 0 Å². The Kier molecular flexibility index (Phi) is 6.98. The third-order valence-corrected chi connectivity index (χ3v) is 7.97. The van der Waals surface area contributed by atoms with E-state index >= 15 is 0 Å². The molecule has 27 heavy (non-hydrogen) atoms. The van der Waals surface area contributed by atoms with Crippen molar-refractivity contribution in [2.24, 2.45) is 0 Å². The van der Waals surface area contributed by atoms with E-state index in [1.165, 1.54) is 19.1 Å². The van der Waals surface area contributed by atoms with E-state index in [0.29, 0.717) is 5.56 Å². The van der Waals surface area contributed by atoms with E-state index in [9.17, 15) is 26.7 Å². The molecule has 1 saturated heterocycles. The number of carbonyl (C=O) groups is 1. The molecule has 1 amide bonds. The van der Waals surface area contributed by atoms with Crippen molar-refractivity contribution in [1.29, 1.82) is 0 Å². The van der Waals surface area contributed by atoms with Gasteiger partial charge < -0.3 is 15.5 Å². The summed E-state index contributed by atoms with van der Waals surface area (Å²) >= 11 is 0. The maximum Gasteiger partial charge on any atom is 0.243 e. The van der Waals surface area contributed by atoms with Gasteiger partial charge in [0.1, 0.15) is 0 Å². The standard InChI is InChI=1S/C16H24N2O7S2/c1-12(20)17-8-13-2-4-16(5-3-13)27(24,25)18(9-15(21)10-19)14-6-7-26(22,23)11-14/h2-5,14-15,19,21H,6-11H2,1H3,(H,17,20)/t14-,15-/m0/s1. The van der Waals surface area contributed by atoms with Crippen LogP contribution in [0.3, 0.4) is 0 Å². The average molecular weight is 421 g/mol. The summed E-state index contributed by atoms with van der Waals surface area (Å²) in [5.41, 5.74) is 0.703. The fourth-order valence-corrected chi connectivity index (χ4v) is 6.37. The highest BCUT2D eigenvalue weighted by molar-refractivity contribution is 7.92. The predicted molar refractivity (Wildman–Crippen MR) is 98.0 cm³/mol. The average Bonchev–Trinajstić information content (AvgIpc) is 2.97. The number of nitrogens with zero attached hydrogens (tertiary/aromatic N) is 1. The Morgan fingerprint density at radius 2 is 1.96 bits per heavy atom. The lowest BCUT2D eigenvalue weighted by Gasteiger charge is -2.29. The van der Waals surface area contributed by atoms with Crippen molar-refractivity contribution < 1.29 is 31.8 Å². The van der Waals surface area contributed by atoms with Gasteiger partial charge in [0.15, 0.2) is 9.84 Å². The summed E-state index contributed by atoms with van der Waals surface area (Å²) in [6.07, 6.45) is -1.18. The molecule has 152 valence electrons. The van der Waals surface area contributed by atoms with Crippen LogP contribution in [0.2, 0.25) is 0 Å². The fraction of sp³-hybridized carbons (Fsp3) is 0.562. The van der Waals surface area contributed by atoms with Gasteiger partial charge >= 0.3 is 0 Å². The molecule has 9 nitrogen and oxygen atoms in total. The molecule has 0 spiro atoms. The van der Waals surface area contributed by atoms with Crippen LogP contribution in [0.4, 0.5) is 0 Å². The Balaban J connectivity index is 2.28. The number of carbonyl (C=O) groups excluding carboxylic acids is 1. The number of benzene rings is 1. The predicted octanol–water partition coefficient (Wildman–Crippen LogP) is -1.15. The highest BCUT2D eigenvalue weighted by atomic mass is 32.2. The van der Waals surface area contributed by atoms with Gasteiger partial charge in [0, 0.05) is 26.1 Å². The number of aliphatic hydroxyl groups is 2. The molecule has 3 N–H and O–H groups in total. The van der Waals surface area contributed by atoms with Crippen molar-refractivity contribution in [3.63, 3.8) is 0 Å². The first-order chi connectivity index (χ1) is 12.5. The molecule has 0 unspecified atom stereocenters. The van der Waals surface area contributed by atoms with Gasteiger partial charge in [-0.25, -0.2) is 16.8 Å². The number of aliphatic hydroxyl groups excluding tert-OH is 2. The minimum atomic E-state index is -4.08. The van der Waals surface area contributed by atoms with Gasteiger partial charge in [0.25, 0.3) is 0 Å². The van der Waals surface area contributed by atoms with E-state index in [2.05, 4.69) is 5.32 Å². The van der Waals surface area contributed by atoms with Gasteiger partial charge in [-0.1, -0.05) is 12.1 Å². The number of rotatable bonds is 8. The maximum atomic E-state index is 13.0. The molecular formula is C16H24N2O7S2. The molecule has 0 saturated carbocycles. The van der Waals surface area contributed by atoms with Crippen LogP contribution in [0, 0.1) is 0 Å². The number of hydrogen-bond acceptors (Lipinski definition) is 7. The van der Waals surface area contributed by atoms with E-state index in [1.54, 1.807) is 12.1 Å². The molecule has 0 radical (unpaired) electrons. The first-order valence-corrected chi connectivity index (χ1v) is 11.7. The first kappa shape index (κ1) is 21.8. The molecule has 1 aromatic rings. The zero-order valence-electron chi connectivity index (χ0n) is 14.9. The van der Waals surface area contributed by atoms with Crippen molar-refractivity contribution in [1.82, 2.24) is 9.62 Å². The number of amides is 1. The minimum Gasteiger partial charge on any atom is -0.394 e. The Hall–Kier alpha value is -1.53. The Bertz CT molecular complexity index is 867. The van der Waals surface area contributed by atoms with Crippen molar-refractivity contribution >= 4 is 25.8 Å². The molecule has 1 aromatic carbocycles. The van der Waals surface area contributed by atoms with Crippen LogP contribution in [0.1, 0.15) is 18.9 Å². The summed E-state index contributed by atoms with van der Waals surface area (Å²) in [6.45, 7) is 0.593. The van der Waals surface area contributed by atoms with Gasteiger partial charge in [0.2, 0.25) is 15.9 Å². The lowest BCUT2D eigenvalue weighted by Crippen LogP contribution is -2.46. The molecule has 0 aliphatic carbocycles. The van der Waals surface area contributed by atoms with Crippen molar-refractivity contribution in [2.75, 3.05) is 24.7 Å². The zero-order valence-corrected chi connectivity index (χ0v) is 16.5. The molecule has 0 bridgehead atoms. The Morgan fingerprint density at radius 1 is 1.33 bits per heavy atom. The summed E-state index contributed by atoms with van der Waals surface area (Å²) in [5, 5.41) is 21.4. The monoisotopic (exact) mass is 420 g/mol. The van der Waals surface area contributed by atoms with E-state index < -0.39 is 45.2 Å². The van der Waals surface area contributed by atoms with Crippen LogP contribution in [0.15, 0.2) is 29.2 Å². The molecule has 1 aliphatic rings. The lowest BCUT2D eigenvalue weighted by atomic mass is 10.2. The number of nitrogens with one attached hydrogen (secondary N) is 1. The summed E-state index contributed by atoms with van der Waals surface area (Å²) in [6, 6.07) is 5.05. The second-order valence-corrected chi connectivity index (χ2v) is 10.6. The summed E-state index contributed by atoms with van der Waals surface area (Å²) in [4.78, 5) is 10.9. The smallest absolute Gasteiger partial charge is 0.243 e.